The van der Waals surface area contributed by atoms with E-state index in [0.717, 1.165) is 24.6 Å². The fraction of sp³-hybridized carbons (Fsp3) is 0.444. The number of nitrogens with one attached hydrogen (secondary N) is 2. The highest BCUT2D eigenvalue weighted by Gasteiger charge is 2.32. The molecule has 2 aromatic heterocycles. The van der Waals surface area contributed by atoms with E-state index in [0.29, 0.717) is 36.1 Å². The molecular weight excluding hydrogens is 373 g/mol. The summed E-state index contributed by atoms with van der Waals surface area (Å²) in [6, 6.07) is 1.45. The first-order chi connectivity index (χ1) is 13.0. The van der Waals surface area contributed by atoms with Crippen molar-refractivity contribution in [1.82, 2.24) is 15.0 Å². The Labute approximate surface area is 160 Å². The summed E-state index contributed by atoms with van der Waals surface area (Å²) in [5.74, 6) is -1.01. The Balaban J connectivity index is 1.61. The number of rotatable bonds is 4. The standard InChI is InChI=1S/C18H19ClFN5O2/c19-9-5-11-12(7-22-15(11)21-6-9)16-23-8-13(20)17(25-16)24-14-4-2-1-3-10(14)18(26)27/h5-6,8,10,12,14H,1-4,7H2,(H,21,22)(H,26,27)(H,23,24,25)/t10-,12?,14+/m0/s1. The summed E-state index contributed by atoms with van der Waals surface area (Å²) < 4.78 is 14.3. The number of hydrogen-bond donors (Lipinski definition) is 3. The molecule has 0 bridgehead atoms. The third-order valence-electron chi connectivity index (χ3n) is 5.21. The lowest BCUT2D eigenvalue weighted by Gasteiger charge is -2.29. The summed E-state index contributed by atoms with van der Waals surface area (Å²) in [6.45, 7) is 0.537. The molecule has 2 aliphatic rings. The van der Waals surface area contributed by atoms with Gasteiger partial charge in [-0.1, -0.05) is 24.4 Å². The number of carboxylic acid groups (broad SMARTS) is 1. The van der Waals surface area contributed by atoms with Crippen molar-refractivity contribution in [3.05, 3.63) is 40.7 Å². The number of hydrogen-bond acceptors (Lipinski definition) is 6. The molecule has 3 atom stereocenters. The highest BCUT2D eigenvalue weighted by atomic mass is 35.5. The smallest absolute Gasteiger partial charge is 0.308 e. The second-order valence-corrected chi connectivity index (χ2v) is 7.37. The zero-order valence-electron chi connectivity index (χ0n) is 14.5. The van der Waals surface area contributed by atoms with Gasteiger partial charge in [0, 0.05) is 24.3 Å². The number of carboxylic acids is 1. The number of nitrogens with zero attached hydrogens (tertiary/aromatic N) is 3. The summed E-state index contributed by atoms with van der Waals surface area (Å²) >= 11 is 6.05. The topological polar surface area (TPSA) is 100 Å². The average molecular weight is 392 g/mol. The first kappa shape index (κ1) is 17.9. The Morgan fingerprint density at radius 1 is 1.30 bits per heavy atom. The van der Waals surface area contributed by atoms with Crippen LogP contribution >= 0.6 is 11.6 Å². The van der Waals surface area contributed by atoms with Gasteiger partial charge in [0.15, 0.2) is 11.6 Å². The Bertz CT molecular complexity index is 881. The molecule has 0 spiro atoms. The lowest BCUT2D eigenvalue weighted by molar-refractivity contribution is -0.143. The van der Waals surface area contributed by atoms with Gasteiger partial charge in [-0.3, -0.25) is 4.79 Å². The van der Waals surface area contributed by atoms with Crippen LogP contribution in [0.25, 0.3) is 0 Å². The Morgan fingerprint density at radius 3 is 2.93 bits per heavy atom. The molecule has 1 saturated carbocycles. The van der Waals surface area contributed by atoms with Gasteiger partial charge in [0.05, 0.1) is 23.1 Å². The van der Waals surface area contributed by atoms with Gasteiger partial charge in [0.2, 0.25) is 0 Å². The molecule has 1 aliphatic carbocycles. The van der Waals surface area contributed by atoms with Crippen LogP contribution < -0.4 is 10.6 Å². The van der Waals surface area contributed by atoms with E-state index in [1.807, 2.05) is 0 Å². The van der Waals surface area contributed by atoms with Gasteiger partial charge in [-0.05, 0) is 18.9 Å². The van der Waals surface area contributed by atoms with Crippen molar-refractivity contribution < 1.29 is 14.3 Å². The van der Waals surface area contributed by atoms with E-state index in [1.165, 1.54) is 0 Å². The molecule has 1 aliphatic heterocycles. The number of anilines is 2. The van der Waals surface area contributed by atoms with E-state index >= 15 is 0 Å². The Kier molecular flexibility index (Phi) is 4.82. The van der Waals surface area contributed by atoms with Crippen LogP contribution in [0.15, 0.2) is 18.5 Å². The first-order valence-corrected chi connectivity index (χ1v) is 9.32. The number of fused-ring (bicyclic) bond motifs is 1. The minimum atomic E-state index is -0.864. The normalized spacial score (nSPS) is 24.1. The predicted octanol–water partition coefficient (Wildman–Crippen LogP) is 3.28. The average Bonchev–Trinajstić information content (AvgIpc) is 3.07. The quantitative estimate of drug-likeness (QED) is 0.735. The fourth-order valence-electron chi connectivity index (χ4n) is 3.83. The van der Waals surface area contributed by atoms with Crippen molar-refractivity contribution in [1.29, 1.82) is 0 Å². The maximum atomic E-state index is 14.3. The number of halogens is 2. The molecular formula is C18H19ClFN5O2. The van der Waals surface area contributed by atoms with Gasteiger partial charge in [0.25, 0.3) is 0 Å². The van der Waals surface area contributed by atoms with Crippen molar-refractivity contribution in [2.75, 3.05) is 17.2 Å². The molecule has 7 nitrogen and oxygen atoms in total. The summed E-state index contributed by atoms with van der Waals surface area (Å²) in [5.41, 5.74) is 0.862. The molecule has 27 heavy (non-hydrogen) atoms. The van der Waals surface area contributed by atoms with E-state index in [2.05, 4.69) is 25.6 Å². The molecule has 1 fully saturated rings. The molecule has 0 aromatic carbocycles. The lowest BCUT2D eigenvalue weighted by Crippen LogP contribution is -2.37. The van der Waals surface area contributed by atoms with Crippen molar-refractivity contribution in [2.45, 2.75) is 37.6 Å². The summed E-state index contributed by atoms with van der Waals surface area (Å²) in [4.78, 5) is 24.2. The van der Waals surface area contributed by atoms with E-state index in [9.17, 15) is 14.3 Å². The zero-order chi connectivity index (χ0) is 19.0. The maximum Gasteiger partial charge on any atom is 0.308 e. The number of aliphatic carboxylic acids is 1. The highest BCUT2D eigenvalue weighted by Crippen LogP contribution is 2.35. The molecule has 1 unspecified atom stereocenters. The van der Waals surface area contributed by atoms with Crippen LogP contribution in [-0.4, -0.2) is 38.6 Å². The number of pyridine rings is 1. The molecule has 4 rings (SSSR count). The molecule has 0 amide bonds. The van der Waals surface area contributed by atoms with Crippen LogP contribution in [0.1, 0.15) is 43.0 Å². The second kappa shape index (κ2) is 7.26. The number of aromatic nitrogens is 3. The van der Waals surface area contributed by atoms with Gasteiger partial charge in [-0.25, -0.2) is 19.3 Å². The molecule has 3 N–H and O–H groups in total. The zero-order valence-corrected chi connectivity index (χ0v) is 15.2. The van der Waals surface area contributed by atoms with E-state index in [1.54, 1.807) is 12.3 Å². The molecule has 2 aromatic rings. The minimum absolute atomic E-state index is 0.0431. The predicted molar refractivity (Wildman–Crippen MR) is 98.6 cm³/mol. The maximum absolute atomic E-state index is 14.3. The van der Waals surface area contributed by atoms with Crippen molar-refractivity contribution in [3.63, 3.8) is 0 Å². The molecule has 0 saturated heterocycles. The largest absolute Gasteiger partial charge is 0.481 e. The minimum Gasteiger partial charge on any atom is -0.481 e. The van der Waals surface area contributed by atoms with Crippen molar-refractivity contribution >= 4 is 29.2 Å². The van der Waals surface area contributed by atoms with Crippen LogP contribution in [0.3, 0.4) is 0 Å². The van der Waals surface area contributed by atoms with E-state index in [-0.39, 0.29) is 17.8 Å². The molecule has 9 heteroatoms. The van der Waals surface area contributed by atoms with Gasteiger partial charge in [-0.15, -0.1) is 0 Å². The van der Waals surface area contributed by atoms with Gasteiger partial charge < -0.3 is 15.7 Å². The van der Waals surface area contributed by atoms with Crippen LogP contribution in [0.2, 0.25) is 5.02 Å². The fourth-order valence-corrected chi connectivity index (χ4v) is 4.00. The monoisotopic (exact) mass is 391 g/mol. The molecule has 0 radical (unpaired) electrons. The molecule has 3 heterocycles. The van der Waals surface area contributed by atoms with Crippen molar-refractivity contribution in [2.24, 2.45) is 5.92 Å². The summed E-state index contributed by atoms with van der Waals surface area (Å²) in [6.07, 6.45) is 5.71. The molecule has 142 valence electrons. The highest BCUT2D eigenvalue weighted by molar-refractivity contribution is 6.30. The van der Waals surface area contributed by atoms with E-state index < -0.39 is 17.7 Å². The number of carbonyl (C=O) groups is 1. The van der Waals surface area contributed by atoms with Gasteiger partial charge >= 0.3 is 5.97 Å². The van der Waals surface area contributed by atoms with E-state index in [4.69, 9.17) is 11.6 Å². The SMILES string of the molecule is O=C(O)[C@H]1CCCC[C@H]1Nc1nc(C2CNc3ncc(Cl)cc32)ncc1F. The van der Waals surface area contributed by atoms with Crippen molar-refractivity contribution in [3.8, 4) is 0 Å². The first-order valence-electron chi connectivity index (χ1n) is 8.94. The van der Waals surface area contributed by atoms with Crippen LogP contribution in [0, 0.1) is 11.7 Å². The third kappa shape index (κ3) is 3.53. The second-order valence-electron chi connectivity index (χ2n) is 6.93. The lowest BCUT2D eigenvalue weighted by atomic mass is 9.84. The van der Waals surface area contributed by atoms with Crippen LogP contribution in [-0.2, 0) is 4.79 Å². The Hall–Kier alpha value is -2.48. The summed E-state index contributed by atoms with van der Waals surface area (Å²) in [5, 5.41) is 16.1. The summed E-state index contributed by atoms with van der Waals surface area (Å²) in [7, 11) is 0. The van der Waals surface area contributed by atoms with Crippen LogP contribution in [0.4, 0.5) is 16.0 Å². The van der Waals surface area contributed by atoms with Crippen LogP contribution in [0.5, 0.6) is 0 Å². The Morgan fingerprint density at radius 2 is 2.11 bits per heavy atom. The van der Waals surface area contributed by atoms with Gasteiger partial charge in [0.1, 0.15) is 11.6 Å². The van der Waals surface area contributed by atoms with Gasteiger partial charge in [-0.2, -0.15) is 0 Å². The third-order valence-corrected chi connectivity index (χ3v) is 5.42.